The minimum atomic E-state index is -1.77. The molecule has 1 heterocycles. The van der Waals surface area contributed by atoms with Crippen LogP contribution in [0.1, 0.15) is 20.3 Å². The molecule has 0 spiro atoms. The van der Waals surface area contributed by atoms with Crippen LogP contribution in [0.3, 0.4) is 0 Å². The molecule has 4 atom stereocenters. The molecule has 0 radical (unpaired) electrons. The Kier molecular flexibility index (Phi) is 2.56. The van der Waals surface area contributed by atoms with Gasteiger partial charge in [-0.15, -0.1) is 0 Å². The maximum atomic E-state index is 13.4. The van der Waals surface area contributed by atoms with E-state index < -0.39 is 10.9 Å². The van der Waals surface area contributed by atoms with E-state index in [1.54, 1.807) is 6.92 Å². The monoisotopic (exact) mass is 226 g/mol. The second kappa shape index (κ2) is 2.99. The van der Waals surface area contributed by atoms with E-state index in [-0.39, 0.29) is 12.0 Å². The van der Waals surface area contributed by atoms with Gasteiger partial charge < -0.3 is 9.84 Å². The van der Waals surface area contributed by atoms with Crippen molar-refractivity contribution >= 4 is 15.9 Å². The molecular formula is C7H12BrFO2. The summed E-state index contributed by atoms with van der Waals surface area (Å²) < 4.78 is 16.6. The third-order valence-electron chi connectivity index (χ3n) is 2.20. The Morgan fingerprint density at radius 3 is 2.45 bits per heavy atom. The number of rotatable bonds is 1. The highest BCUT2D eigenvalue weighted by Gasteiger charge is 2.52. The molecule has 1 unspecified atom stereocenters. The summed E-state index contributed by atoms with van der Waals surface area (Å²) in [4.78, 5) is 0. The summed E-state index contributed by atoms with van der Waals surface area (Å²) in [5.74, 6) is -0.303. The fourth-order valence-electron chi connectivity index (χ4n) is 1.30. The van der Waals surface area contributed by atoms with Crippen molar-refractivity contribution in [3.63, 3.8) is 0 Å². The van der Waals surface area contributed by atoms with Crippen LogP contribution in [-0.4, -0.2) is 22.1 Å². The van der Waals surface area contributed by atoms with Gasteiger partial charge >= 0.3 is 0 Å². The van der Waals surface area contributed by atoms with Crippen molar-refractivity contribution < 1.29 is 14.2 Å². The molecule has 1 rings (SSSR count). The average molecular weight is 227 g/mol. The predicted octanol–water partition coefficient (Wildman–Crippen LogP) is 1.81. The van der Waals surface area contributed by atoms with Crippen LogP contribution in [0.15, 0.2) is 0 Å². The van der Waals surface area contributed by atoms with E-state index in [1.165, 1.54) is 0 Å². The summed E-state index contributed by atoms with van der Waals surface area (Å²) in [6.07, 6.45) is -0.799. The van der Waals surface area contributed by atoms with E-state index in [0.717, 1.165) is 6.42 Å². The van der Waals surface area contributed by atoms with Gasteiger partial charge in [0.25, 0.3) is 0 Å². The summed E-state index contributed by atoms with van der Waals surface area (Å²) in [5, 5.41) is 9.08. The lowest BCUT2D eigenvalue weighted by molar-refractivity contribution is -0.118. The Labute approximate surface area is 73.9 Å². The van der Waals surface area contributed by atoms with Crippen LogP contribution < -0.4 is 0 Å². The predicted molar refractivity (Wildman–Crippen MR) is 43.1 cm³/mol. The molecule has 1 N–H and O–H groups in total. The van der Waals surface area contributed by atoms with Crippen LogP contribution in [0.4, 0.5) is 4.39 Å². The van der Waals surface area contributed by atoms with Crippen LogP contribution in [0.2, 0.25) is 0 Å². The third-order valence-corrected chi connectivity index (χ3v) is 3.31. The number of aliphatic hydroxyl groups excluding tert-OH is 1. The number of aliphatic hydroxyl groups is 1. The first-order valence-electron chi connectivity index (χ1n) is 3.71. The topological polar surface area (TPSA) is 29.5 Å². The highest BCUT2D eigenvalue weighted by atomic mass is 79.9. The Bertz CT molecular complexity index is 151. The summed E-state index contributed by atoms with van der Waals surface area (Å²) in [5.41, 5.74) is 0. The van der Waals surface area contributed by atoms with Crippen LogP contribution in [0, 0.1) is 5.92 Å². The van der Waals surface area contributed by atoms with Crippen LogP contribution in [0.5, 0.6) is 0 Å². The first kappa shape index (κ1) is 9.42. The maximum absolute atomic E-state index is 13.4. The standard InChI is InChI=1S/C7H12BrFO2/c1-3-5-4(2)7(8,9)6(10)11-5/h4-6,10H,3H2,1-2H3/t4-,5-,6?,7-/m1/s1. The number of hydrogen-bond acceptors (Lipinski definition) is 2. The molecule has 2 nitrogen and oxygen atoms in total. The molecular weight excluding hydrogens is 215 g/mol. The molecule has 0 amide bonds. The fraction of sp³-hybridized carbons (Fsp3) is 1.00. The molecule has 0 aromatic heterocycles. The largest absolute Gasteiger partial charge is 0.365 e. The van der Waals surface area contributed by atoms with Gasteiger partial charge in [0.1, 0.15) is 0 Å². The summed E-state index contributed by atoms with van der Waals surface area (Å²) in [7, 11) is 0. The number of ether oxygens (including phenoxy) is 1. The van der Waals surface area contributed by atoms with Gasteiger partial charge in [0.05, 0.1) is 6.10 Å². The van der Waals surface area contributed by atoms with Gasteiger partial charge in [-0.05, 0) is 22.4 Å². The third kappa shape index (κ3) is 1.44. The molecule has 4 heteroatoms. The molecule has 1 saturated heterocycles. The zero-order valence-electron chi connectivity index (χ0n) is 6.55. The molecule has 1 aliphatic heterocycles. The summed E-state index contributed by atoms with van der Waals surface area (Å²) in [6.45, 7) is 3.63. The number of halogens is 2. The van der Waals surface area contributed by atoms with E-state index in [0.29, 0.717) is 0 Å². The number of hydrogen-bond donors (Lipinski definition) is 1. The van der Waals surface area contributed by atoms with Crippen molar-refractivity contribution in [2.45, 2.75) is 37.2 Å². The SMILES string of the molecule is CC[C@H]1OC(O)[C@@](F)(Br)[C@@H]1C. The highest BCUT2D eigenvalue weighted by Crippen LogP contribution is 2.43. The molecule has 1 fully saturated rings. The van der Waals surface area contributed by atoms with Crippen molar-refractivity contribution in [3.05, 3.63) is 0 Å². The van der Waals surface area contributed by atoms with Crippen LogP contribution in [0.25, 0.3) is 0 Å². The van der Waals surface area contributed by atoms with Gasteiger partial charge in [0.15, 0.2) is 6.29 Å². The molecule has 0 bridgehead atoms. The van der Waals surface area contributed by atoms with Crippen LogP contribution >= 0.6 is 15.9 Å². The van der Waals surface area contributed by atoms with E-state index in [1.807, 2.05) is 6.92 Å². The normalized spacial score (nSPS) is 51.5. The molecule has 0 saturated carbocycles. The van der Waals surface area contributed by atoms with E-state index >= 15 is 0 Å². The smallest absolute Gasteiger partial charge is 0.220 e. The lowest BCUT2D eigenvalue weighted by Gasteiger charge is -2.18. The maximum Gasteiger partial charge on any atom is 0.220 e. The summed E-state index contributed by atoms with van der Waals surface area (Å²) in [6, 6.07) is 0. The quantitative estimate of drug-likeness (QED) is 0.692. The van der Waals surface area contributed by atoms with Gasteiger partial charge in [0, 0.05) is 5.92 Å². The Hall–Kier alpha value is 0.330. The lowest BCUT2D eigenvalue weighted by Crippen LogP contribution is -2.31. The zero-order chi connectivity index (χ0) is 8.65. The number of alkyl halides is 2. The Morgan fingerprint density at radius 1 is 1.73 bits per heavy atom. The van der Waals surface area contributed by atoms with E-state index in [2.05, 4.69) is 15.9 Å². The minimum absolute atomic E-state index is 0.186. The first-order chi connectivity index (χ1) is 5.00. The highest BCUT2D eigenvalue weighted by molar-refractivity contribution is 9.10. The molecule has 0 aromatic carbocycles. The van der Waals surface area contributed by atoms with E-state index in [9.17, 15) is 4.39 Å². The minimum Gasteiger partial charge on any atom is -0.365 e. The van der Waals surface area contributed by atoms with E-state index in [4.69, 9.17) is 9.84 Å². The fourth-order valence-corrected chi connectivity index (χ4v) is 1.70. The second-order valence-corrected chi connectivity index (χ2v) is 4.11. The molecule has 0 aliphatic carbocycles. The van der Waals surface area contributed by atoms with Crippen molar-refractivity contribution in [2.24, 2.45) is 5.92 Å². The zero-order valence-corrected chi connectivity index (χ0v) is 8.14. The summed E-state index contributed by atoms with van der Waals surface area (Å²) >= 11 is 2.81. The Balaban J connectivity index is 2.71. The molecule has 66 valence electrons. The molecule has 1 aliphatic rings. The first-order valence-corrected chi connectivity index (χ1v) is 4.50. The molecule has 11 heavy (non-hydrogen) atoms. The van der Waals surface area contributed by atoms with Crippen molar-refractivity contribution in [3.8, 4) is 0 Å². The van der Waals surface area contributed by atoms with Crippen molar-refractivity contribution in [1.82, 2.24) is 0 Å². The van der Waals surface area contributed by atoms with Gasteiger partial charge in [-0.25, -0.2) is 4.39 Å². The molecule has 0 aromatic rings. The Morgan fingerprint density at radius 2 is 2.27 bits per heavy atom. The van der Waals surface area contributed by atoms with Gasteiger partial charge in [-0.2, -0.15) is 0 Å². The van der Waals surface area contributed by atoms with Gasteiger partial charge in [-0.3, -0.25) is 0 Å². The van der Waals surface area contributed by atoms with Gasteiger partial charge in [-0.1, -0.05) is 13.8 Å². The van der Waals surface area contributed by atoms with Crippen molar-refractivity contribution in [1.29, 1.82) is 0 Å². The van der Waals surface area contributed by atoms with Crippen molar-refractivity contribution in [2.75, 3.05) is 0 Å². The van der Waals surface area contributed by atoms with Crippen LogP contribution in [-0.2, 0) is 4.74 Å². The lowest BCUT2D eigenvalue weighted by atomic mass is 10.0. The average Bonchev–Trinajstić information content (AvgIpc) is 2.14. The second-order valence-electron chi connectivity index (χ2n) is 2.90. The van der Waals surface area contributed by atoms with Gasteiger partial charge in [0.2, 0.25) is 4.58 Å².